The number of hydrogen-bond acceptors (Lipinski definition) is 5. The third-order valence-corrected chi connectivity index (χ3v) is 7.02. The highest BCUT2D eigenvalue weighted by atomic mass is 79.9. The van der Waals surface area contributed by atoms with Gasteiger partial charge in [0.2, 0.25) is 10.0 Å². The maximum absolute atomic E-state index is 12.8. The molecule has 0 radical (unpaired) electrons. The second kappa shape index (κ2) is 8.50. The topological polar surface area (TPSA) is 82.3 Å². The number of aromatic hydroxyl groups is 1. The average Bonchev–Trinajstić information content (AvgIpc) is 2.94. The minimum Gasteiger partial charge on any atom is -0.505 e. The molecule has 0 unspecified atom stereocenters. The van der Waals surface area contributed by atoms with Gasteiger partial charge in [0.1, 0.15) is 5.69 Å². The highest BCUT2D eigenvalue weighted by Gasteiger charge is 2.24. The highest BCUT2D eigenvalue weighted by molar-refractivity contribution is 9.10. The van der Waals surface area contributed by atoms with Gasteiger partial charge in [0, 0.05) is 13.1 Å². The molecule has 3 rings (SSSR count). The van der Waals surface area contributed by atoms with Crippen LogP contribution in [0.3, 0.4) is 0 Å². The van der Waals surface area contributed by atoms with Gasteiger partial charge < -0.3 is 5.11 Å². The molecule has 1 N–H and O–H groups in total. The predicted octanol–water partition coefficient (Wildman–Crippen LogP) is 5.44. The smallest absolute Gasteiger partial charge is 0.243 e. The number of aryl methyl sites for hydroxylation is 1. The second-order valence-corrected chi connectivity index (χ2v) is 9.42. The van der Waals surface area contributed by atoms with Gasteiger partial charge in [-0.3, -0.25) is 0 Å². The van der Waals surface area contributed by atoms with Gasteiger partial charge >= 0.3 is 0 Å². The first-order valence-corrected chi connectivity index (χ1v) is 11.1. The monoisotopic (exact) mass is 451 g/mol. The minimum atomic E-state index is -3.47. The lowest BCUT2D eigenvalue weighted by atomic mass is 10.2. The van der Waals surface area contributed by atoms with Gasteiger partial charge in [0.15, 0.2) is 5.75 Å². The summed E-state index contributed by atoms with van der Waals surface area (Å²) in [6.07, 6.45) is 3.96. The Morgan fingerprint density at radius 3 is 2.26 bits per heavy atom. The number of hydrogen-bond donors (Lipinski definition) is 1. The van der Waals surface area contributed by atoms with Crippen LogP contribution in [0.25, 0.3) is 0 Å². The first kappa shape index (κ1) is 20.0. The molecule has 144 valence electrons. The van der Waals surface area contributed by atoms with Crippen LogP contribution in [0.2, 0.25) is 0 Å². The number of halogens is 1. The number of rotatable bonds is 4. The molecular weight excluding hydrogens is 430 g/mol. The van der Waals surface area contributed by atoms with Crippen molar-refractivity contribution in [2.45, 2.75) is 37.5 Å². The Morgan fingerprint density at radius 1 is 1.00 bits per heavy atom. The van der Waals surface area contributed by atoms with Crippen molar-refractivity contribution in [2.24, 2.45) is 10.2 Å². The van der Waals surface area contributed by atoms with Crippen molar-refractivity contribution >= 4 is 37.3 Å². The van der Waals surface area contributed by atoms with Crippen molar-refractivity contribution in [3.63, 3.8) is 0 Å². The van der Waals surface area contributed by atoms with E-state index in [-0.39, 0.29) is 10.6 Å². The SMILES string of the molecule is Cc1cc(Br)c(O)c(N=Nc2ccc(S(=O)(=O)N3CCCCCC3)cc2)c1. The Balaban J connectivity index is 1.79. The molecule has 8 heteroatoms. The van der Waals surface area contributed by atoms with E-state index in [1.807, 2.05) is 6.92 Å². The number of phenolic OH excluding ortho intramolecular Hbond substituents is 1. The van der Waals surface area contributed by atoms with Crippen LogP contribution in [0.5, 0.6) is 5.75 Å². The third kappa shape index (κ3) is 4.75. The molecule has 0 bridgehead atoms. The van der Waals surface area contributed by atoms with Gasteiger partial charge in [-0.25, -0.2) is 8.42 Å². The summed E-state index contributed by atoms with van der Waals surface area (Å²) >= 11 is 3.27. The van der Waals surface area contributed by atoms with Crippen LogP contribution in [-0.4, -0.2) is 30.9 Å². The molecule has 1 aliphatic heterocycles. The van der Waals surface area contributed by atoms with E-state index in [4.69, 9.17) is 0 Å². The maximum atomic E-state index is 12.8. The lowest BCUT2D eigenvalue weighted by Crippen LogP contribution is -2.31. The lowest BCUT2D eigenvalue weighted by molar-refractivity contribution is 0.424. The average molecular weight is 452 g/mol. The molecule has 2 aromatic carbocycles. The summed E-state index contributed by atoms with van der Waals surface area (Å²) in [4.78, 5) is 0.268. The summed E-state index contributed by atoms with van der Waals surface area (Å²) in [5.41, 5.74) is 1.80. The Bertz CT molecular complexity index is 935. The van der Waals surface area contributed by atoms with E-state index < -0.39 is 10.0 Å². The van der Waals surface area contributed by atoms with Crippen LogP contribution >= 0.6 is 15.9 Å². The largest absolute Gasteiger partial charge is 0.505 e. The van der Waals surface area contributed by atoms with E-state index in [9.17, 15) is 13.5 Å². The zero-order chi connectivity index (χ0) is 19.4. The Hall–Kier alpha value is -1.77. The Morgan fingerprint density at radius 2 is 1.63 bits per heavy atom. The first-order chi connectivity index (χ1) is 12.9. The van der Waals surface area contributed by atoms with Crippen LogP contribution in [0.15, 0.2) is 56.0 Å². The van der Waals surface area contributed by atoms with E-state index in [0.29, 0.717) is 28.9 Å². The molecule has 0 aliphatic carbocycles. The fraction of sp³-hybridized carbons (Fsp3) is 0.368. The lowest BCUT2D eigenvalue weighted by Gasteiger charge is -2.19. The van der Waals surface area contributed by atoms with Gasteiger partial charge in [0.25, 0.3) is 0 Å². The molecular formula is C19H22BrN3O3S. The summed E-state index contributed by atoms with van der Waals surface area (Å²) < 4.78 is 27.7. The second-order valence-electron chi connectivity index (χ2n) is 6.63. The van der Waals surface area contributed by atoms with Crippen molar-refractivity contribution in [2.75, 3.05) is 13.1 Å². The molecule has 1 saturated heterocycles. The van der Waals surface area contributed by atoms with Crippen molar-refractivity contribution in [3.8, 4) is 5.75 Å². The fourth-order valence-electron chi connectivity index (χ4n) is 3.02. The molecule has 1 heterocycles. The van der Waals surface area contributed by atoms with E-state index in [0.717, 1.165) is 31.2 Å². The van der Waals surface area contributed by atoms with E-state index >= 15 is 0 Å². The number of nitrogens with zero attached hydrogens (tertiary/aromatic N) is 3. The molecule has 1 fully saturated rings. The molecule has 2 aromatic rings. The van der Waals surface area contributed by atoms with Gasteiger partial charge in [-0.1, -0.05) is 12.8 Å². The molecule has 0 amide bonds. The summed E-state index contributed by atoms with van der Waals surface area (Å²) in [7, 11) is -3.47. The normalized spacial score (nSPS) is 16.5. The quantitative estimate of drug-likeness (QED) is 0.627. The minimum absolute atomic E-state index is 0.0183. The van der Waals surface area contributed by atoms with Crippen LogP contribution in [0.4, 0.5) is 11.4 Å². The van der Waals surface area contributed by atoms with Gasteiger partial charge in [0.05, 0.1) is 15.1 Å². The molecule has 0 aromatic heterocycles. The van der Waals surface area contributed by atoms with Crippen LogP contribution in [-0.2, 0) is 10.0 Å². The van der Waals surface area contributed by atoms with Crippen molar-refractivity contribution in [1.29, 1.82) is 0 Å². The van der Waals surface area contributed by atoms with Crippen LogP contribution < -0.4 is 0 Å². The van der Waals surface area contributed by atoms with Gasteiger partial charge in [-0.05, 0) is 77.7 Å². The number of phenols is 1. The molecule has 0 spiro atoms. The third-order valence-electron chi connectivity index (χ3n) is 4.50. The van der Waals surface area contributed by atoms with Gasteiger partial charge in [-0.15, -0.1) is 5.11 Å². The molecule has 1 aliphatic rings. The zero-order valence-electron chi connectivity index (χ0n) is 15.1. The first-order valence-electron chi connectivity index (χ1n) is 8.89. The maximum Gasteiger partial charge on any atom is 0.243 e. The highest BCUT2D eigenvalue weighted by Crippen LogP contribution is 2.36. The van der Waals surface area contributed by atoms with Crippen molar-refractivity contribution in [3.05, 3.63) is 46.4 Å². The number of azo groups is 1. The Labute approximate surface area is 168 Å². The number of benzene rings is 2. The fourth-order valence-corrected chi connectivity index (χ4v) is 5.10. The Kier molecular flexibility index (Phi) is 6.29. The standard InChI is InChI=1S/C19H22BrN3O3S/c1-14-12-17(20)19(24)18(13-14)22-21-15-6-8-16(9-7-15)27(25,26)23-10-4-2-3-5-11-23/h6-9,12-13,24H,2-5,10-11H2,1H3. The summed E-state index contributed by atoms with van der Waals surface area (Å²) in [5, 5.41) is 18.2. The van der Waals surface area contributed by atoms with E-state index in [1.54, 1.807) is 40.7 Å². The summed E-state index contributed by atoms with van der Waals surface area (Å²) in [6.45, 7) is 3.04. The summed E-state index contributed by atoms with van der Waals surface area (Å²) in [5.74, 6) is 0.0183. The van der Waals surface area contributed by atoms with Crippen LogP contribution in [0, 0.1) is 6.92 Å². The molecule has 0 atom stereocenters. The molecule has 6 nitrogen and oxygen atoms in total. The van der Waals surface area contributed by atoms with E-state index in [2.05, 4.69) is 26.2 Å². The molecule has 0 saturated carbocycles. The van der Waals surface area contributed by atoms with E-state index in [1.165, 1.54) is 0 Å². The van der Waals surface area contributed by atoms with Crippen LogP contribution in [0.1, 0.15) is 31.2 Å². The summed E-state index contributed by atoms with van der Waals surface area (Å²) in [6, 6.07) is 9.87. The van der Waals surface area contributed by atoms with Gasteiger partial charge in [-0.2, -0.15) is 9.42 Å². The number of sulfonamides is 1. The molecule has 27 heavy (non-hydrogen) atoms. The zero-order valence-corrected chi connectivity index (χ0v) is 17.5. The van der Waals surface area contributed by atoms with Crippen molar-refractivity contribution < 1.29 is 13.5 Å². The predicted molar refractivity (Wildman–Crippen MR) is 108 cm³/mol. The van der Waals surface area contributed by atoms with Crippen molar-refractivity contribution in [1.82, 2.24) is 4.31 Å².